The van der Waals surface area contributed by atoms with Crippen molar-refractivity contribution in [3.8, 4) is 6.07 Å². The van der Waals surface area contributed by atoms with Gasteiger partial charge in [0.15, 0.2) is 0 Å². The molecule has 0 bridgehead atoms. The Bertz CT molecular complexity index is 738. The molecule has 0 spiro atoms. The molecule has 1 amide bonds. The number of aromatic amines is 1. The van der Waals surface area contributed by atoms with E-state index in [2.05, 4.69) is 21.6 Å². The Morgan fingerprint density at radius 1 is 1.56 bits per heavy atom. The van der Waals surface area contributed by atoms with Crippen LogP contribution in [0.5, 0.6) is 0 Å². The molecule has 1 aliphatic carbocycles. The second-order valence-electron chi connectivity index (χ2n) is 6.61. The molecule has 0 unspecified atom stereocenters. The molecule has 2 aliphatic rings. The molecule has 8 nitrogen and oxygen atoms in total. The third-order valence-electron chi connectivity index (χ3n) is 4.88. The maximum absolute atomic E-state index is 12.2. The minimum atomic E-state index is -0.487. The van der Waals surface area contributed by atoms with Gasteiger partial charge in [-0.2, -0.15) is 10.4 Å². The second kappa shape index (κ2) is 7.31. The summed E-state index contributed by atoms with van der Waals surface area (Å²) < 4.78 is 5.52. The van der Waals surface area contributed by atoms with Gasteiger partial charge in [0, 0.05) is 13.0 Å². The van der Waals surface area contributed by atoms with E-state index in [1.165, 1.54) is 6.20 Å². The molecule has 25 heavy (non-hydrogen) atoms. The molecule has 2 fully saturated rings. The molecule has 1 aliphatic heterocycles. The monoisotopic (exact) mass is 365 g/mol. The predicted molar refractivity (Wildman–Crippen MR) is 91.5 cm³/mol. The van der Waals surface area contributed by atoms with Crippen LogP contribution in [0.25, 0.3) is 0 Å². The van der Waals surface area contributed by atoms with Gasteiger partial charge in [-0.1, -0.05) is 24.4 Å². The van der Waals surface area contributed by atoms with Crippen LogP contribution in [0.3, 0.4) is 0 Å². The number of anilines is 1. The molecule has 1 aromatic rings. The quantitative estimate of drug-likeness (QED) is 0.843. The van der Waals surface area contributed by atoms with Crippen molar-refractivity contribution in [2.24, 2.45) is 0 Å². The second-order valence-corrected chi connectivity index (χ2v) is 6.99. The maximum Gasteiger partial charge on any atom is 0.407 e. The first-order valence-electron chi connectivity index (χ1n) is 8.37. The summed E-state index contributed by atoms with van der Waals surface area (Å²) in [6.45, 7) is 1.07. The zero-order chi connectivity index (χ0) is 17.9. The van der Waals surface area contributed by atoms with Gasteiger partial charge in [0.05, 0.1) is 36.5 Å². The number of hydrogen-bond acceptors (Lipinski definition) is 6. The first-order chi connectivity index (χ1) is 12.0. The van der Waals surface area contributed by atoms with Crippen LogP contribution in [-0.2, 0) is 4.74 Å². The Morgan fingerprint density at radius 3 is 3.04 bits per heavy atom. The lowest BCUT2D eigenvalue weighted by molar-refractivity contribution is 0.0976. The summed E-state index contributed by atoms with van der Waals surface area (Å²) in [6.07, 6.45) is 5.28. The molecular formula is C16H20ClN5O3. The van der Waals surface area contributed by atoms with Crippen molar-refractivity contribution in [2.75, 3.05) is 18.0 Å². The number of amides is 1. The van der Waals surface area contributed by atoms with Crippen LogP contribution in [0.4, 0.5) is 10.5 Å². The van der Waals surface area contributed by atoms with Crippen molar-refractivity contribution >= 4 is 23.4 Å². The lowest BCUT2D eigenvalue weighted by Gasteiger charge is -2.28. The van der Waals surface area contributed by atoms with E-state index in [4.69, 9.17) is 21.6 Å². The van der Waals surface area contributed by atoms with E-state index in [-0.39, 0.29) is 11.1 Å². The summed E-state index contributed by atoms with van der Waals surface area (Å²) in [5.74, 6) is 0. The molecule has 0 radical (unpaired) electrons. The van der Waals surface area contributed by atoms with Crippen LogP contribution in [0.1, 0.15) is 38.5 Å². The van der Waals surface area contributed by atoms with Crippen LogP contribution in [0.2, 0.25) is 5.02 Å². The number of nitriles is 1. The number of carbonyl (C=O) groups excluding carboxylic acids is 1. The maximum atomic E-state index is 12.2. The highest BCUT2D eigenvalue weighted by atomic mass is 35.5. The molecule has 2 heterocycles. The standard InChI is InChI=1S/C16H20ClN5O3/c17-13-12(9-19-21-14(13)23)22-8-3-11(10-22)25-15(24)20-16(6-7-18)4-1-2-5-16/h9,11H,1-6,8,10H2,(H,20,24)(H,21,23)/t11-/m1/s1. The van der Waals surface area contributed by atoms with Gasteiger partial charge in [-0.25, -0.2) is 9.89 Å². The number of nitrogens with one attached hydrogen (secondary N) is 2. The number of ether oxygens (including phenoxy) is 1. The number of carbonyl (C=O) groups is 1. The number of alkyl carbamates (subject to hydrolysis) is 1. The Hall–Kier alpha value is -2.27. The van der Waals surface area contributed by atoms with E-state index >= 15 is 0 Å². The summed E-state index contributed by atoms with van der Waals surface area (Å²) in [7, 11) is 0. The number of H-pyrrole nitrogens is 1. The number of halogens is 1. The van der Waals surface area contributed by atoms with E-state index in [0.717, 1.165) is 25.7 Å². The van der Waals surface area contributed by atoms with E-state index in [9.17, 15) is 9.59 Å². The fourth-order valence-corrected chi connectivity index (χ4v) is 3.79. The van der Waals surface area contributed by atoms with Crippen LogP contribution >= 0.6 is 11.6 Å². The average Bonchev–Trinajstić information content (AvgIpc) is 3.20. The average molecular weight is 366 g/mol. The largest absolute Gasteiger partial charge is 0.444 e. The van der Waals surface area contributed by atoms with E-state index in [1.807, 2.05) is 4.90 Å². The fourth-order valence-electron chi connectivity index (χ4n) is 3.58. The van der Waals surface area contributed by atoms with Crippen molar-refractivity contribution in [2.45, 2.75) is 50.2 Å². The molecule has 1 atom stereocenters. The minimum Gasteiger partial charge on any atom is -0.444 e. The van der Waals surface area contributed by atoms with Gasteiger partial charge in [0.25, 0.3) is 5.56 Å². The van der Waals surface area contributed by atoms with Gasteiger partial charge in [0.2, 0.25) is 0 Å². The van der Waals surface area contributed by atoms with Gasteiger partial charge in [0.1, 0.15) is 11.1 Å². The van der Waals surface area contributed by atoms with E-state index in [1.54, 1.807) is 0 Å². The molecule has 1 saturated heterocycles. The Balaban J connectivity index is 1.58. The van der Waals surface area contributed by atoms with Crippen LogP contribution in [-0.4, -0.2) is 41.0 Å². The van der Waals surface area contributed by atoms with Crippen LogP contribution in [0, 0.1) is 11.3 Å². The molecular weight excluding hydrogens is 346 g/mol. The third kappa shape index (κ3) is 3.87. The van der Waals surface area contributed by atoms with Gasteiger partial charge in [-0.15, -0.1) is 0 Å². The summed E-state index contributed by atoms with van der Waals surface area (Å²) in [4.78, 5) is 25.7. The summed E-state index contributed by atoms with van der Waals surface area (Å²) in [5.41, 5.74) is -0.362. The van der Waals surface area contributed by atoms with Gasteiger partial charge in [-0.05, 0) is 12.8 Å². The zero-order valence-electron chi connectivity index (χ0n) is 13.8. The molecule has 3 rings (SSSR count). The molecule has 0 aromatic carbocycles. The Kier molecular flexibility index (Phi) is 5.13. The number of rotatable bonds is 4. The van der Waals surface area contributed by atoms with Crippen molar-refractivity contribution in [3.05, 3.63) is 21.6 Å². The van der Waals surface area contributed by atoms with Crippen molar-refractivity contribution < 1.29 is 9.53 Å². The molecule has 1 aromatic heterocycles. The first-order valence-corrected chi connectivity index (χ1v) is 8.75. The Morgan fingerprint density at radius 2 is 2.32 bits per heavy atom. The number of aromatic nitrogens is 2. The van der Waals surface area contributed by atoms with E-state index < -0.39 is 17.2 Å². The molecule has 1 saturated carbocycles. The zero-order valence-corrected chi connectivity index (χ0v) is 14.5. The predicted octanol–water partition coefficient (Wildman–Crippen LogP) is 1.95. The molecule has 9 heteroatoms. The topological polar surface area (TPSA) is 111 Å². The van der Waals surface area contributed by atoms with E-state index in [0.29, 0.717) is 31.6 Å². The lowest BCUT2D eigenvalue weighted by Crippen LogP contribution is -2.47. The lowest BCUT2D eigenvalue weighted by atomic mass is 9.94. The first kappa shape index (κ1) is 17.5. The van der Waals surface area contributed by atoms with Crippen molar-refractivity contribution in [1.82, 2.24) is 15.5 Å². The van der Waals surface area contributed by atoms with Crippen molar-refractivity contribution in [3.63, 3.8) is 0 Å². The third-order valence-corrected chi connectivity index (χ3v) is 5.25. The summed E-state index contributed by atoms with van der Waals surface area (Å²) >= 11 is 6.02. The van der Waals surface area contributed by atoms with Gasteiger partial charge in [-0.3, -0.25) is 4.79 Å². The SMILES string of the molecule is N#CCC1(NC(=O)O[C@@H]2CCN(c3cn[nH]c(=O)c3Cl)C2)CCCC1. The van der Waals surface area contributed by atoms with Crippen LogP contribution in [0.15, 0.2) is 11.0 Å². The highest BCUT2D eigenvalue weighted by molar-refractivity contribution is 6.33. The highest BCUT2D eigenvalue weighted by Gasteiger charge is 2.37. The summed E-state index contributed by atoms with van der Waals surface area (Å²) in [5, 5.41) is 18.0. The fraction of sp³-hybridized carbons (Fsp3) is 0.625. The normalized spacial score (nSPS) is 21.8. The molecule has 134 valence electrons. The van der Waals surface area contributed by atoms with Gasteiger partial charge < -0.3 is 15.0 Å². The van der Waals surface area contributed by atoms with Crippen molar-refractivity contribution in [1.29, 1.82) is 5.26 Å². The smallest absolute Gasteiger partial charge is 0.407 e. The Labute approximate surface area is 150 Å². The van der Waals surface area contributed by atoms with Crippen LogP contribution < -0.4 is 15.8 Å². The molecule has 2 N–H and O–H groups in total. The number of hydrogen-bond donors (Lipinski definition) is 2. The minimum absolute atomic E-state index is 0.0824. The highest BCUT2D eigenvalue weighted by Crippen LogP contribution is 2.32. The summed E-state index contributed by atoms with van der Waals surface area (Å²) in [6, 6.07) is 2.16. The number of nitrogens with zero attached hydrogens (tertiary/aromatic N) is 3. The van der Waals surface area contributed by atoms with Gasteiger partial charge >= 0.3 is 6.09 Å².